The molecular weight excluding hydrogens is 252 g/mol. The summed E-state index contributed by atoms with van der Waals surface area (Å²) in [7, 11) is 0. The Labute approximate surface area is 119 Å². The lowest BCUT2D eigenvalue weighted by atomic mass is 10.1. The first-order chi connectivity index (χ1) is 9.85. The van der Waals surface area contributed by atoms with E-state index < -0.39 is 0 Å². The molecule has 2 heterocycles. The highest BCUT2D eigenvalue weighted by Gasteiger charge is 2.10. The van der Waals surface area contributed by atoms with Crippen molar-refractivity contribution in [2.24, 2.45) is 0 Å². The minimum absolute atomic E-state index is 0.627. The van der Waals surface area contributed by atoms with Crippen LogP contribution in [0.15, 0.2) is 24.9 Å². The van der Waals surface area contributed by atoms with Crippen LogP contribution in [0.1, 0.15) is 31.5 Å². The van der Waals surface area contributed by atoms with Gasteiger partial charge in [0, 0.05) is 18.3 Å². The first kappa shape index (κ1) is 14.2. The zero-order chi connectivity index (χ0) is 14.2. The molecule has 2 N–H and O–H groups in total. The maximum absolute atomic E-state index is 4.35. The largest absolute Gasteiger partial charge is 0.370 e. The summed E-state index contributed by atoms with van der Waals surface area (Å²) in [5.74, 6) is 1.78. The molecule has 0 bridgehead atoms. The van der Waals surface area contributed by atoms with Gasteiger partial charge in [-0.3, -0.25) is 0 Å². The second kappa shape index (κ2) is 7.37. The van der Waals surface area contributed by atoms with Crippen LogP contribution >= 0.6 is 0 Å². The van der Waals surface area contributed by atoms with E-state index in [0.717, 1.165) is 42.3 Å². The van der Waals surface area contributed by atoms with E-state index in [2.05, 4.69) is 44.4 Å². The molecule has 6 heteroatoms. The van der Waals surface area contributed by atoms with Crippen molar-refractivity contribution in [2.75, 3.05) is 17.2 Å². The van der Waals surface area contributed by atoms with Crippen LogP contribution < -0.4 is 10.6 Å². The second-order valence-corrected chi connectivity index (χ2v) is 4.38. The molecule has 106 valence electrons. The lowest BCUT2D eigenvalue weighted by Gasteiger charge is -2.14. The van der Waals surface area contributed by atoms with E-state index in [1.54, 1.807) is 18.9 Å². The maximum atomic E-state index is 4.35. The topological polar surface area (TPSA) is 75.6 Å². The Hall–Kier alpha value is -2.24. The molecule has 0 aromatic carbocycles. The highest BCUT2D eigenvalue weighted by Crippen LogP contribution is 2.21. The van der Waals surface area contributed by atoms with Crippen molar-refractivity contribution in [3.8, 4) is 0 Å². The molecule has 0 aliphatic rings. The van der Waals surface area contributed by atoms with Gasteiger partial charge in [0.1, 0.15) is 24.3 Å². The first-order valence-corrected chi connectivity index (χ1v) is 6.91. The van der Waals surface area contributed by atoms with Gasteiger partial charge in [-0.05, 0) is 19.4 Å². The molecule has 20 heavy (non-hydrogen) atoms. The summed E-state index contributed by atoms with van der Waals surface area (Å²) >= 11 is 0. The van der Waals surface area contributed by atoms with E-state index >= 15 is 0 Å². The van der Waals surface area contributed by atoms with Gasteiger partial charge < -0.3 is 10.6 Å². The molecule has 0 unspecified atom stereocenters. The Morgan fingerprint density at radius 1 is 1.00 bits per heavy atom. The molecule has 2 aromatic rings. The van der Waals surface area contributed by atoms with Crippen LogP contribution in [0.3, 0.4) is 0 Å². The smallest absolute Gasteiger partial charge is 0.135 e. The maximum Gasteiger partial charge on any atom is 0.135 e. The van der Waals surface area contributed by atoms with Gasteiger partial charge in [-0.25, -0.2) is 19.9 Å². The van der Waals surface area contributed by atoms with E-state index in [1.165, 1.54) is 0 Å². The van der Waals surface area contributed by atoms with Gasteiger partial charge in [-0.1, -0.05) is 13.3 Å². The second-order valence-electron chi connectivity index (χ2n) is 4.38. The van der Waals surface area contributed by atoms with Crippen molar-refractivity contribution in [1.82, 2.24) is 19.9 Å². The van der Waals surface area contributed by atoms with Crippen LogP contribution in [0.2, 0.25) is 0 Å². The molecule has 2 aromatic heterocycles. The molecule has 0 atom stereocenters. The van der Waals surface area contributed by atoms with Crippen LogP contribution in [0.4, 0.5) is 11.6 Å². The molecule has 0 radical (unpaired) electrons. The van der Waals surface area contributed by atoms with E-state index in [1.807, 2.05) is 6.07 Å². The van der Waals surface area contributed by atoms with Gasteiger partial charge in [0.25, 0.3) is 0 Å². The van der Waals surface area contributed by atoms with Gasteiger partial charge in [-0.2, -0.15) is 0 Å². The molecule has 0 saturated heterocycles. The summed E-state index contributed by atoms with van der Waals surface area (Å²) in [5, 5.41) is 6.61. The molecule has 6 nitrogen and oxygen atoms in total. The fraction of sp³-hybridized carbons (Fsp3) is 0.429. The number of nitrogens with one attached hydrogen (secondary N) is 2. The van der Waals surface area contributed by atoms with Gasteiger partial charge in [-0.15, -0.1) is 0 Å². The number of anilines is 2. The number of rotatable bonds is 7. The number of hydrogen-bond donors (Lipinski definition) is 2. The number of nitrogens with zero attached hydrogens (tertiary/aromatic N) is 4. The highest BCUT2D eigenvalue weighted by atomic mass is 15.1. The summed E-state index contributed by atoms with van der Waals surface area (Å²) in [6.45, 7) is 5.68. The van der Waals surface area contributed by atoms with Crippen LogP contribution in [0.5, 0.6) is 0 Å². The summed E-state index contributed by atoms with van der Waals surface area (Å²) in [4.78, 5) is 16.8. The predicted octanol–water partition coefficient (Wildman–Crippen LogP) is 2.26. The quantitative estimate of drug-likeness (QED) is 0.805. The number of aromatic nitrogens is 4. The Morgan fingerprint density at radius 2 is 1.80 bits per heavy atom. The van der Waals surface area contributed by atoms with Crippen molar-refractivity contribution in [1.29, 1.82) is 0 Å². The molecule has 0 aliphatic heterocycles. The van der Waals surface area contributed by atoms with E-state index in [0.29, 0.717) is 6.54 Å². The average Bonchev–Trinajstić information content (AvgIpc) is 2.49. The third-order valence-corrected chi connectivity index (χ3v) is 2.87. The summed E-state index contributed by atoms with van der Waals surface area (Å²) in [6, 6.07) is 1.89. The SMILES string of the molecule is CCCc1c(NCC)ncnc1NCc1ccncn1. The zero-order valence-corrected chi connectivity index (χ0v) is 11.9. The standard InChI is InChI=1S/C14H20N6/c1-3-5-12-13(16-4-2)19-10-20-14(12)17-8-11-6-7-15-9-18-11/h6-7,9-10H,3-5,8H2,1-2H3,(H2,16,17,19,20). The lowest BCUT2D eigenvalue weighted by molar-refractivity contribution is 0.891. The first-order valence-electron chi connectivity index (χ1n) is 6.91. The lowest BCUT2D eigenvalue weighted by Crippen LogP contribution is -2.10. The van der Waals surface area contributed by atoms with Gasteiger partial charge in [0.15, 0.2) is 0 Å². The minimum Gasteiger partial charge on any atom is -0.370 e. The highest BCUT2D eigenvalue weighted by molar-refractivity contribution is 5.57. The average molecular weight is 272 g/mol. The van der Waals surface area contributed by atoms with Crippen LogP contribution in [0, 0.1) is 0 Å². The fourth-order valence-electron chi connectivity index (χ4n) is 1.97. The van der Waals surface area contributed by atoms with Crippen molar-refractivity contribution in [3.05, 3.63) is 36.2 Å². The fourth-order valence-corrected chi connectivity index (χ4v) is 1.97. The zero-order valence-electron chi connectivity index (χ0n) is 11.9. The van der Waals surface area contributed by atoms with Gasteiger partial charge in [0.05, 0.1) is 12.2 Å². The summed E-state index contributed by atoms with van der Waals surface area (Å²) < 4.78 is 0. The molecule has 0 spiro atoms. The van der Waals surface area contributed by atoms with E-state index in [9.17, 15) is 0 Å². The van der Waals surface area contributed by atoms with Crippen LogP contribution in [-0.4, -0.2) is 26.5 Å². The Bertz CT molecular complexity index is 528. The third kappa shape index (κ3) is 3.63. The Morgan fingerprint density at radius 3 is 2.45 bits per heavy atom. The van der Waals surface area contributed by atoms with Gasteiger partial charge >= 0.3 is 0 Å². The molecule has 0 saturated carbocycles. The summed E-state index contributed by atoms with van der Waals surface area (Å²) in [6.07, 6.45) is 6.86. The molecule has 0 fully saturated rings. The third-order valence-electron chi connectivity index (χ3n) is 2.87. The summed E-state index contributed by atoms with van der Waals surface area (Å²) in [5.41, 5.74) is 2.07. The van der Waals surface area contributed by atoms with Crippen molar-refractivity contribution >= 4 is 11.6 Å². The molecule has 0 amide bonds. The Kier molecular flexibility index (Phi) is 5.23. The number of hydrogen-bond acceptors (Lipinski definition) is 6. The van der Waals surface area contributed by atoms with Crippen molar-refractivity contribution in [2.45, 2.75) is 33.2 Å². The molecule has 0 aliphatic carbocycles. The van der Waals surface area contributed by atoms with Crippen molar-refractivity contribution in [3.63, 3.8) is 0 Å². The van der Waals surface area contributed by atoms with Crippen molar-refractivity contribution < 1.29 is 0 Å². The Balaban J connectivity index is 2.15. The van der Waals surface area contributed by atoms with E-state index in [-0.39, 0.29) is 0 Å². The predicted molar refractivity (Wildman–Crippen MR) is 79.5 cm³/mol. The normalized spacial score (nSPS) is 10.3. The van der Waals surface area contributed by atoms with Gasteiger partial charge in [0.2, 0.25) is 0 Å². The molecular formula is C14H20N6. The van der Waals surface area contributed by atoms with Crippen LogP contribution in [0.25, 0.3) is 0 Å². The van der Waals surface area contributed by atoms with E-state index in [4.69, 9.17) is 0 Å². The van der Waals surface area contributed by atoms with Crippen LogP contribution in [-0.2, 0) is 13.0 Å². The minimum atomic E-state index is 0.627. The molecule has 2 rings (SSSR count). The monoisotopic (exact) mass is 272 g/mol.